The zero-order valence-corrected chi connectivity index (χ0v) is 15.0. The number of furan rings is 1. The third-order valence-electron chi connectivity index (χ3n) is 5.03. The van der Waals surface area contributed by atoms with Crippen molar-refractivity contribution in [3.8, 4) is 11.5 Å². The summed E-state index contributed by atoms with van der Waals surface area (Å²) < 4.78 is 11.4. The van der Waals surface area contributed by atoms with Crippen LogP contribution < -0.4 is 4.74 Å². The Morgan fingerprint density at radius 1 is 1.12 bits per heavy atom. The summed E-state index contributed by atoms with van der Waals surface area (Å²) in [4.78, 5) is 15.0. The van der Waals surface area contributed by atoms with Crippen LogP contribution in [0.5, 0.6) is 11.5 Å². The molecule has 1 saturated heterocycles. The second-order valence-corrected chi connectivity index (χ2v) is 7.02. The molecule has 2 aliphatic heterocycles. The van der Waals surface area contributed by atoms with Crippen molar-refractivity contribution in [3.63, 3.8) is 0 Å². The number of carbonyl (C=O) groups excluding carboxylic acids is 1. The number of likely N-dealkylation sites (tertiary alicyclic amines) is 1. The predicted octanol–water partition coefficient (Wildman–Crippen LogP) is 4.29. The van der Waals surface area contributed by atoms with E-state index in [1.165, 1.54) is 25.7 Å². The highest BCUT2D eigenvalue weighted by Crippen LogP contribution is 2.40. The molecular weight excluding hydrogens is 330 g/mol. The van der Waals surface area contributed by atoms with Gasteiger partial charge < -0.3 is 14.3 Å². The summed E-state index contributed by atoms with van der Waals surface area (Å²) in [5.41, 5.74) is 1.19. The number of fused-ring (bicyclic) bond motifs is 1. The van der Waals surface area contributed by atoms with Gasteiger partial charge in [0.2, 0.25) is 5.78 Å². The van der Waals surface area contributed by atoms with E-state index in [2.05, 4.69) is 4.90 Å². The summed E-state index contributed by atoms with van der Waals surface area (Å²) in [7, 11) is 0. The Morgan fingerprint density at radius 3 is 2.58 bits per heavy atom. The summed E-state index contributed by atoms with van der Waals surface area (Å²) in [5.74, 6) is 2.07. The van der Waals surface area contributed by atoms with Gasteiger partial charge in [0.1, 0.15) is 23.0 Å². The van der Waals surface area contributed by atoms with Crippen LogP contribution in [0.15, 0.2) is 34.4 Å². The highest BCUT2D eigenvalue weighted by atomic mass is 16.5. The average molecular weight is 353 g/mol. The molecule has 1 N–H and O–H groups in total. The highest BCUT2D eigenvalue weighted by molar-refractivity contribution is 6.14. The summed E-state index contributed by atoms with van der Waals surface area (Å²) in [6, 6.07) is 6.87. The molecule has 2 aliphatic rings. The van der Waals surface area contributed by atoms with Crippen molar-refractivity contribution >= 4 is 11.9 Å². The molecule has 2 aromatic rings. The van der Waals surface area contributed by atoms with Gasteiger partial charge in [-0.1, -0.05) is 12.8 Å². The molecule has 0 bridgehead atoms. The molecule has 5 nitrogen and oxygen atoms in total. The van der Waals surface area contributed by atoms with Crippen LogP contribution in [0.1, 0.15) is 53.1 Å². The number of benzene rings is 1. The molecule has 1 aromatic heterocycles. The van der Waals surface area contributed by atoms with E-state index in [1.54, 1.807) is 24.3 Å². The lowest BCUT2D eigenvalue weighted by Crippen LogP contribution is -2.24. The van der Waals surface area contributed by atoms with Gasteiger partial charge in [0.15, 0.2) is 5.76 Å². The summed E-state index contributed by atoms with van der Waals surface area (Å²) >= 11 is 0. The van der Waals surface area contributed by atoms with Gasteiger partial charge in [-0.2, -0.15) is 0 Å². The fourth-order valence-corrected chi connectivity index (χ4v) is 3.63. The minimum Gasteiger partial charge on any atom is -0.507 e. The Morgan fingerprint density at radius 2 is 1.88 bits per heavy atom. The van der Waals surface area contributed by atoms with Crippen LogP contribution in [-0.4, -0.2) is 28.9 Å². The van der Waals surface area contributed by atoms with Crippen molar-refractivity contribution in [2.24, 2.45) is 0 Å². The lowest BCUT2D eigenvalue weighted by atomic mass is 10.0. The first-order valence-corrected chi connectivity index (χ1v) is 9.20. The molecule has 0 radical (unpaired) electrons. The molecule has 4 rings (SSSR count). The van der Waals surface area contributed by atoms with Crippen LogP contribution in [0.4, 0.5) is 0 Å². The minimum absolute atomic E-state index is 0.175. The van der Waals surface area contributed by atoms with E-state index in [1.807, 2.05) is 13.0 Å². The standard InChI is InChI=1S/C21H23NO4/c1-14-6-7-15(25-14)12-19-20(24)16-8-9-18(23)17(21(16)26-19)13-22-10-4-2-3-5-11-22/h6-9,12,23H,2-5,10-11,13H2,1H3. The van der Waals surface area contributed by atoms with E-state index in [0.717, 1.165) is 18.8 Å². The summed E-state index contributed by atoms with van der Waals surface area (Å²) in [6.45, 7) is 4.46. The van der Waals surface area contributed by atoms with Gasteiger partial charge in [-0.3, -0.25) is 9.69 Å². The number of hydrogen-bond acceptors (Lipinski definition) is 5. The van der Waals surface area contributed by atoms with Crippen molar-refractivity contribution in [2.45, 2.75) is 39.2 Å². The number of phenols is 1. The Labute approximate surface area is 152 Å². The lowest BCUT2D eigenvalue weighted by molar-refractivity contribution is 0.101. The summed E-state index contributed by atoms with van der Waals surface area (Å²) in [6.07, 6.45) is 6.44. The topological polar surface area (TPSA) is 62.9 Å². The van der Waals surface area contributed by atoms with E-state index in [0.29, 0.717) is 29.2 Å². The quantitative estimate of drug-likeness (QED) is 0.834. The molecule has 136 valence electrons. The molecule has 0 spiro atoms. The number of hydrogen-bond donors (Lipinski definition) is 1. The van der Waals surface area contributed by atoms with E-state index < -0.39 is 0 Å². The number of aromatic hydroxyl groups is 1. The van der Waals surface area contributed by atoms with Crippen molar-refractivity contribution in [2.75, 3.05) is 13.1 Å². The maximum absolute atomic E-state index is 12.7. The largest absolute Gasteiger partial charge is 0.507 e. The molecule has 0 unspecified atom stereocenters. The number of rotatable bonds is 3. The Hall–Kier alpha value is -2.53. The number of ether oxygens (including phenoxy) is 1. The zero-order chi connectivity index (χ0) is 18.1. The van der Waals surface area contributed by atoms with Crippen molar-refractivity contribution in [1.29, 1.82) is 0 Å². The third kappa shape index (κ3) is 3.27. The number of Topliss-reactive ketones (excluding diaryl/α,β-unsaturated/α-hetero) is 1. The predicted molar refractivity (Wildman–Crippen MR) is 98.2 cm³/mol. The highest BCUT2D eigenvalue weighted by Gasteiger charge is 2.32. The molecule has 26 heavy (non-hydrogen) atoms. The number of phenolic OH excluding ortho intramolecular Hbond substituents is 1. The number of nitrogens with zero attached hydrogens (tertiary/aromatic N) is 1. The van der Waals surface area contributed by atoms with Crippen molar-refractivity contribution in [1.82, 2.24) is 4.90 Å². The number of carbonyl (C=O) groups is 1. The van der Waals surface area contributed by atoms with Gasteiger partial charge in [0, 0.05) is 12.6 Å². The van der Waals surface area contributed by atoms with Gasteiger partial charge in [-0.25, -0.2) is 0 Å². The minimum atomic E-state index is -0.175. The number of ketones is 1. The monoisotopic (exact) mass is 353 g/mol. The van der Waals surface area contributed by atoms with Crippen LogP contribution >= 0.6 is 0 Å². The van der Waals surface area contributed by atoms with Crippen LogP contribution in [0, 0.1) is 6.92 Å². The van der Waals surface area contributed by atoms with E-state index in [9.17, 15) is 9.90 Å². The molecule has 0 saturated carbocycles. The lowest BCUT2D eigenvalue weighted by Gasteiger charge is -2.21. The molecule has 1 fully saturated rings. The van der Waals surface area contributed by atoms with Crippen LogP contribution in [0.2, 0.25) is 0 Å². The Kier molecular flexibility index (Phi) is 4.55. The molecule has 0 aliphatic carbocycles. The second kappa shape index (κ2) is 7.00. The first kappa shape index (κ1) is 16.9. The zero-order valence-electron chi connectivity index (χ0n) is 15.0. The smallest absolute Gasteiger partial charge is 0.232 e. The van der Waals surface area contributed by atoms with Crippen molar-refractivity contribution < 1.29 is 19.1 Å². The first-order chi connectivity index (χ1) is 12.6. The SMILES string of the molecule is Cc1ccc(C=C2Oc3c(ccc(O)c3CN3CCCCCC3)C2=O)o1. The second-order valence-electron chi connectivity index (χ2n) is 7.02. The first-order valence-electron chi connectivity index (χ1n) is 9.20. The Balaban J connectivity index is 1.64. The fraction of sp³-hybridized carbons (Fsp3) is 0.381. The maximum Gasteiger partial charge on any atom is 0.232 e. The Bertz CT molecular complexity index is 857. The van der Waals surface area contributed by atoms with E-state index in [4.69, 9.17) is 9.15 Å². The van der Waals surface area contributed by atoms with E-state index >= 15 is 0 Å². The number of aryl methyl sites for hydroxylation is 1. The number of allylic oxidation sites excluding steroid dienone is 1. The van der Waals surface area contributed by atoms with Gasteiger partial charge in [-0.05, 0) is 57.1 Å². The molecule has 5 heteroatoms. The van der Waals surface area contributed by atoms with Crippen LogP contribution in [-0.2, 0) is 6.54 Å². The van der Waals surface area contributed by atoms with E-state index in [-0.39, 0.29) is 17.3 Å². The third-order valence-corrected chi connectivity index (χ3v) is 5.03. The molecule has 1 aromatic carbocycles. The van der Waals surface area contributed by atoms with Crippen molar-refractivity contribution in [3.05, 3.63) is 52.7 Å². The van der Waals surface area contributed by atoms with Gasteiger partial charge in [-0.15, -0.1) is 0 Å². The molecular formula is C21H23NO4. The summed E-state index contributed by atoms with van der Waals surface area (Å²) in [5, 5.41) is 10.4. The maximum atomic E-state index is 12.7. The molecule has 0 atom stereocenters. The fourth-order valence-electron chi connectivity index (χ4n) is 3.63. The van der Waals surface area contributed by atoms with Crippen LogP contribution in [0.25, 0.3) is 6.08 Å². The molecule has 0 amide bonds. The van der Waals surface area contributed by atoms with Gasteiger partial charge in [0.25, 0.3) is 0 Å². The molecule has 3 heterocycles. The average Bonchev–Trinajstić information content (AvgIpc) is 3.05. The van der Waals surface area contributed by atoms with Gasteiger partial charge in [0.05, 0.1) is 11.1 Å². The van der Waals surface area contributed by atoms with Crippen LogP contribution in [0.3, 0.4) is 0 Å². The normalized spacial score (nSPS) is 19.4. The van der Waals surface area contributed by atoms with Gasteiger partial charge >= 0.3 is 0 Å².